The van der Waals surface area contributed by atoms with Crippen molar-refractivity contribution in [3.05, 3.63) is 47.5 Å². The predicted molar refractivity (Wildman–Crippen MR) is 95.6 cm³/mol. The molecule has 2 N–H and O–H groups in total. The lowest BCUT2D eigenvalue weighted by Crippen LogP contribution is -2.30. The molecule has 0 fully saturated rings. The molecule has 0 radical (unpaired) electrons. The molecule has 0 aliphatic heterocycles. The van der Waals surface area contributed by atoms with E-state index in [9.17, 15) is 4.79 Å². The first-order valence-electron chi connectivity index (χ1n) is 8.36. The van der Waals surface area contributed by atoms with Crippen LogP contribution in [0.15, 0.2) is 30.6 Å². The lowest BCUT2D eigenvalue weighted by Gasteiger charge is -2.15. The van der Waals surface area contributed by atoms with Crippen LogP contribution < -0.4 is 5.32 Å². The minimum absolute atomic E-state index is 0.0535. The Bertz CT molecular complexity index is 896. The average molecular weight is 341 g/mol. The number of aryl methyl sites for hydroxylation is 2. The van der Waals surface area contributed by atoms with Gasteiger partial charge in [0.25, 0.3) is 5.91 Å². The average Bonchev–Trinajstić information content (AvgIpc) is 3.15. The van der Waals surface area contributed by atoms with Crippen molar-refractivity contribution in [1.82, 2.24) is 24.6 Å². The van der Waals surface area contributed by atoms with Crippen LogP contribution in [0.1, 0.15) is 34.7 Å². The van der Waals surface area contributed by atoms with E-state index >= 15 is 0 Å². The van der Waals surface area contributed by atoms with Gasteiger partial charge in [-0.3, -0.25) is 9.48 Å². The number of aromatic nitrogens is 4. The van der Waals surface area contributed by atoms with Crippen molar-refractivity contribution in [1.29, 1.82) is 0 Å². The maximum atomic E-state index is 12.4. The number of aliphatic hydroxyl groups is 1. The van der Waals surface area contributed by atoms with Crippen LogP contribution in [0, 0.1) is 13.8 Å². The van der Waals surface area contributed by atoms with Crippen LogP contribution in [0.25, 0.3) is 11.0 Å². The van der Waals surface area contributed by atoms with E-state index in [4.69, 9.17) is 5.11 Å². The molecule has 0 saturated carbocycles. The van der Waals surface area contributed by atoms with Gasteiger partial charge in [-0.1, -0.05) is 0 Å². The summed E-state index contributed by atoms with van der Waals surface area (Å²) in [4.78, 5) is 16.7. The molecule has 0 spiro atoms. The number of nitrogens with zero attached hydrogens (tertiary/aromatic N) is 4. The Balaban J connectivity index is 1.68. The molecule has 25 heavy (non-hydrogen) atoms. The van der Waals surface area contributed by atoms with E-state index in [0.717, 1.165) is 22.4 Å². The van der Waals surface area contributed by atoms with Gasteiger partial charge in [0.1, 0.15) is 0 Å². The smallest absolute Gasteiger partial charge is 0.251 e. The number of carbonyl (C=O) groups excluding carboxylic acids is 1. The fourth-order valence-corrected chi connectivity index (χ4v) is 3.01. The highest BCUT2D eigenvalue weighted by Crippen LogP contribution is 2.15. The molecule has 1 amide bonds. The number of benzene rings is 1. The normalized spacial score (nSPS) is 12.5. The third-order valence-electron chi connectivity index (χ3n) is 4.24. The highest BCUT2D eigenvalue weighted by atomic mass is 16.3. The van der Waals surface area contributed by atoms with Crippen LogP contribution in [0.4, 0.5) is 0 Å². The number of imidazole rings is 1. The SMILES string of the molecule is Cc1cc(C)n([C@@H](C)CNC(=O)c2ccc3c(c2)ncn3CCO)n1. The van der Waals surface area contributed by atoms with E-state index in [1.807, 2.05) is 42.2 Å². The summed E-state index contributed by atoms with van der Waals surface area (Å²) >= 11 is 0. The Morgan fingerprint density at radius 1 is 1.32 bits per heavy atom. The van der Waals surface area contributed by atoms with Gasteiger partial charge >= 0.3 is 0 Å². The van der Waals surface area contributed by atoms with E-state index < -0.39 is 0 Å². The standard InChI is InChI=1S/C18H23N5O2/c1-12-8-13(2)23(21-12)14(3)10-19-18(25)15-4-5-17-16(9-15)20-11-22(17)6-7-24/h4-5,8-9,11,14,24H,6-7,10H2,1-3H3,(H,19,25)/t14-/m0/s1. The fraction of sp³-hybridized carbons (Fsp3) is 0.389. The Hall–Kier alpha value is -2.67. The monoisotopic (exact) mass is 341 g/mol. The van der Waals surface area contributed by atoms with Crippen LogP contribution in [0.5, 0.6) is 0 Å². The molecule has 3 rings (SSSR count). The number of amides is 1. The van der Waals surface area contributed by atoms with Crippen molar-refractivity contribution in [3.63, 3.8) is 0 Å². The molecule has 1 atom stereocenters. The summed E-state index contributed by atoms with van der Waals surface area (Å²) in [5.74, 6) is -0.132. The number of hydrogen-bond acceptors (Lipinski definition) is 4. The summed E-state index contributed by atoms with van der Waals surface area (Å²) in [5, 5.41) is 16.5. The van der Waals surface area contributed by atoms with Crippen LogP contribution >= 0.6 is 0 Å². The maximum Gasteiger partial charge on any atom is 0.251 e. The molecule has 2 heterocycles. The lowest BCUT2D eigenvalue weighted by molar-refractivity contribution is 0.0948. The molecule has 0 aliphatic rings. The summed E-state index contributed by atoms with van der Waals surface area (Å²) in [5.41, 5.74) is 4.27. The molecule has 0 bridgehead atoms. The van der Waals surface area contributed by atoms with Crippen LogP contribution in [-0.4, -0.2) is 43.5 Å². The quantitative estimate of drug-likeness (QED) is 0.716. The number of aliphatic hydroxyl groups excluding tert-OH is 1. The zero-order valence-electron chi connectivity index (χ0n) is 14.7. The summed E-state index contributed by atoms with van der Waals surface area (Å²) in [6.45, 7) is 7.03. The Morgan fingerprint density at radius 2 is 2.12 bits per heavy atom. The molecule has 3 aromatic rings. The van der Waals surface area contributed by atoms with Gasteiger partial charge in [0.2, 0.25) is 0 Å². The fourth-order valence-electron chi connectivity index (χ4n) is 3.01. The number of carbonyl (C=O) groups is 1. The van der Waals surface area contributed by atoms with Crippen LogP contribution in [0.3, 0.4) is 0 Å². The molecule has 2 aromatic heterocycles. The van der Waals surface area contributed by atoms with Crippen LogP contribution in [0.2, 0.25) is 0 Å². The maximum absolute atomic E-state index is 12.4. The second kappa shape index (κ2) is 7.06. The zero-order chi connectivity index (χ0) is 18.0. The van der Waals surface area contributed by atoms with Crippen LogP contribution in [-0.2, 0) is 6.54 Å². The molecule has 7 heteroatoms. The molecule has 1 aromatic carbocycles. The largest absolute Gasteiger partial charge is 0.395 e. The molecule has 0 saturated heterocycles. The van der Waals surface area contributed by atoms with E-state index in [1.54, 1.807) is 18.5 Å². The third-order valence-corrected chi connectivity index (χ3v) is 4.24. The van der Waals surface area contributed by atoms with Crippen molar-refractivity contribution in [2.24, 2.45) is 0 Å². The molecule has 7 nitrogen and oxygen atoms in total. The topological polar surface area (TPSA) is 85.0 Å². The molecule has 132 valence electrons. The van der Waals surface area contributed by atoms with Crippen molar-refractivity contribution < 1.29 is 9.90 Å². The van der Waals surface area contributed by atoms with E-state index in [1.165, 1.54) is 0 Å². The van der Waals surface area contributed by atoms with Gasteiger partial charge in [-0.25, -0.2) is 4.98 Å². The van der Waals surface area contributed by atoms with Crippen molar-refractivity contribution in [2.75, 3.05) is 13.2 Å². The molecular formula is C18H23N5O2. The minimum atomic E-state index is -0.132. The number of fused-ring (bicyclic) bond motifs is 1. The number of hydrogen-bond donors (Lipinski definition) is 2. The van der Waals surface area contributed by atoms with Crippen molar-refractivity contribution in [3.8, 4) is 0 Å². The number of rotatable bonds is 6. The van der Waals surface area contributed by atoms with Gasteiger partial charge in [0, 0.05) is 24.3 Å². The van der Waals surface area contributed by atoms with Gasteiger partial charge in [0.05, 0.1) is 35.7 Å². The molecule has 0 unspecified atom stereocenters. The summed E-state index contributed by atoms with van der Waals surface area (Å²) in [6.07, 6.45) is 1.67. The third kappa shape index (κ3) is 3.56. The minimum Gasteiger partial charge on any atom is -0.395 e. The molecule has 0 aliphatic carbocycles. The summed E-state index contributed by atoms with van der Waals surface area (Å²) in [7, 11) is 0. The van der Waals surface area contributed by atoms with Crippen molar-refractivity contribution >= 4 is 16.9 Å². The van der Waals surface area contributed by atoms with E-state index in [0.29, 0.717) is 18.7 Å². The first-order chi connectivity index (χ1) is 12.0. The van der Waals surface area contributed by atoms with Gasteiger partial charge in [-0.2, -0.15) is 5.10 Å². The summed E-state index contributed by atoms with van der Waals surface area (Å²) in [6, 6.07) is 7.50. The Morgan fingerprint density at radius 3 is 2.80 bits per heavy atom. The van der Waals surface area contributed by atoms with Gasteiger partial charge in [-0.05, 0) is 45.0 Å². The second-order valence-electron chi connectivity index (χ2n) is 6.30. The van der Waals surface area contributed by atoms with Gasteiger partial charge < -0.3 is 15.0 Å². The lowest BCUT2D eigenvalue weighted by atomic mass is 10.2. The van der Waals surface area contributed by atoms with E-state index in [-0.39, 0.29) is 18.6 Å². The zero-order valence-corrected chi connectivity index (χ0v) is 14.7. The van der Waals surface area contributed by atoms with Crippen molar-refractivity contribution in [2.45, 2.75) is 33.4 Å². The highest BCUT2D eigenvalue weighted by molar-refractivity contribution is 5.97. The van der Waals surface area contributed by atoms with Gasteiger partial charge in [0.15, 0.2) is 0 Å². The Labute approximate surface area is 146 Å². The first-order valence-corrected chi connectivity index (χ1v) is 8.36. The predicted octanol–water partition coefficient (Wildman–Crippen LogP) is 1.83. The first kappa shape index (κ1) is 17.2. The molecular weight excluding hydrogens is 318 g/mol. The Kier molecular flexibility index (Phi) is 4.85. The highest BCUT2D eigenvalue weighted by Gasteiger charge is 2.13. The number of nitrogens with one attached hydrogen (secondary N) is 1. The van der Waals surface area contributed by atoms with E-state index in [2.05, 4.69) is 15.4 Å². The van der Waals surface area contributed by atoms with Gasteiger partial charge in [-0.15, -0.1) is 0 Å². The second-order valence-corrected chi connectivity index (χ2v) is 6.30. The summed E-state index contributed by atoms with van der Waals surface area (Å²) < 4.78 is 3.79.